The maximum atomic E-state index is 14.6. The van der Waals surface area contributed by atoms with Gasteiger partial charge in [0.2, 0.25) is 5.67 Å². The first kappa shape index (κ1) is 15.1. The maximum absolute atomic E-state index is 14.6. The SMILES string of the molecule is COC(=O)C1(F)CCCN(CC2COc3ccccc3O2)C1. The fraction of sp³-hybridized carbons (Fsp3) is 0.562. The van der Waals surface area contributed by atoms with Crippen molar-refractivity contribution in [1.29, 1.82) is 0 Å². The average Bonchev–Trinajstić information content (AvgIpc) is 2.54. The molecule has 0 N–H and O–H groups in total. The Bertz CT molecular complexity index is 553. The second kappa shape index (κ2) is 6.12. The quantitative estimate of drug-likeness (QED) is 0.797. The van der Waals surface area contributed by atoms with Gasteiger partial charge in [-0.25, -0.2) is 9.18 Å². The Morgan fingerprint density at radius 2 is 2.23 bits per heavy atom. The van der Waals surface area contributed by atoms with Crippen LogP contribution in [0.5, 0.6) is 11.5 Å². The minimum atomic E-state index is -1.92. The number of nitrogens with zero attached hydrogens (tertiary/aromatic N) is 1. The van der Waals surface area contributed by atoms with Crippen LogP contribution in [0, 0.1) is 0 Å². The van der Waals surface area contributed by atoms with E-state index in [2.05, 4.69) is 4.74 Å². The lowest BCUT2D eigenvalue weighted by atomic mass is 9.94. The number of halogens is 1. The van der Waals surface area contributed by atoms with Gasteiger partial charge in [0.15, 0.2) is 11.5 Å². The second-order valence-corrected chi connectivity index (χ2v) is 5.79. The van der Waals surface area contributed by atoms with Gasteiger partial charge in [-0.1, -0.05) is 12.1 Å². The van der Waals surface area contributed by atoms with Crippen LogP contribution in [0.1, 0.15) is 12.8 Å². The van der Waals surface area contributed by atoms with Crippen LogP contribution in [0.3, 0.4) is 0 Å². The minimum Gasteiger partial charge on any atom is -0.486 e. The molecule has 2 heterocycles. The Balaban J connectivity index is 1.61. The summed E-state index contributed by atoms with van der Waals surface area (Å²) in [5, 5.41) is 0. The average molecular weight is 309 g/mol. The number of piperidine rings is 1. The predicted octanol–water partition coefficient (Wildman–Crippen LogP) is 1.80. The third-order valence-electron chi connectivity index (χ3n) is 4.10. The molecule has 2 aliphatic heterocycles. The Morgan fingerprint density at radius 3 is 3.00 bits per heavy atom. The lowest BCUT2D eigenvalue weighted by Crippen LogP contribution is -2.53. The highest BCUT2D eigenvalue weighted by molar-refractivity contribution is 5.79. The van der Waals surface area contributed by atoms with Gasteiger partial charge in [0.05, 0.1) is 7.11 Å². The molecule has 1 aromatic carbocycles. The highest BCUT2D eigenvalue weighted by atomic mass is 19.1. The summed E-state index contributed by atoms with van der Waals surface area (Å²) in [6.07, 6.45) is 0.659. The molecule has 1 saturated heterocycles. The molecule has 6 heteroatoms. The van der Waals surface area contributed by atoms with Crippen molar-refractivity contribution in [3.63, 3.8) is 0 Å². The van der Waals surface area contributed by atoms with Crippen LogP contribution in [0.4, 0.5) is 4.39 Å². The molecule has 3 rings (SSSR count). The topological polar surface area (TPSA) is 48.0 Å². The summed E-state index contributed by atoms with van der Waals surface area (Å²) >= 11 is 0. The van der Waals surface area contributed by atoms with Gasteiger partial charge in [0, 0.05) is 13.1 Å². The summed E-state index contributed by atoms with van der Waals surface area (Å²) in [6, 6.07) is 7.48. The van der Waals surface area contributed by atoms with Gasteiger partial charge in [-0.15, -0.1) is 0 Å². The van der Waals surface area contributed by atoms with Crippen LogP contribution in [-0.4, -0.2) is 56.0 Å². The number of methoxy groups -OCH3 is 1. The molecule has 0 saturated carbocycles. The van der Waals surface area contributed by atoms with E-state index in [1.54, 1.807) is 0 Å². The van der Waals surface area contributed by atoms with E-state index in [1.165, 1.54) is 7.11 Å². The number of alkyl halides is 1. The van der Waals surface area contributed by atoms with Gasteiger partial charge >= 0.3 is 5.97 Å². The summed E-state index contributed by atoms with van der Waals surface area (Å²) in [7, 11) is 1.22. The number of esters is 1. The maximum Gasteiger partial charge on any atom is 0.344 e. The van der Waals surface area contributed by atoms with Gasteiger partial charge in [-0.2, -0.15) is 0 Å². The van der Waals surface area contributed by atoms with Crippen molar-refractivity contribution in [1.82, 2.24) is 4.90 Å². The highest BCUT2D eigenvalue weighted by Gasteiger charge is 2.44. The number of carbonyl (C=O) groups is 1. The van der Waals surface area contributed by atoms with Crippen molar-refractivity contribution in [2.75, 3.05) is 33.4 Å². The number of fused-ring (bicyclic) bond motifs is 1. The second-order valence-electron chi connectivity index (χ2n) is 5.79. The van der Waals surface area contributed by atoms with Crippen molar-refractivity contribution in [3.8, 4) is 11.5 Å². The molecule has 2 atom stereocenters. The van der Waals surface area contributed by atoms with E-state index < -0.39 is 11.6 Å². The van der Waals surface area contributed by atoms with Crippen LogP contribution in [0.25, 0.3) is 0 Å². The molecular weight excluding hydrogens is 289 g/mol. The van der Waals surface area contributed by atoms with Crippen LogP contribution in [0.2, 0.25) is 0 Å². The molecule has 0 radical (unpaired) electrons. The largest absolute Gasteiger partial charge is 0.486 e. The summed E-state index contributed by atoms with van der Waals surface area (Å²) in [5.74, 6) is 0.644. The normalized spacial score (nSPS) is 28.2. The number of hydrogen-bond donors (Lipinski definition) is 0. The van der Waals surface area contributed by atoms with Crippen LogP contribution >= 0.6 is 0 Å². The van der Waals surface area contributed by atoms with Crippen molar-refractivity contribution in [2.45, 2.75) is 24.6 Å². The van der Waals surface area contributed by atoms with Gasteiger partial charge in [0.25, 0.3) is 0 Å². The minimum absolute atomic E-state index is 0.0428. The van der Waals surface area contributed by atoms with E-state index in [-0.39, 0.29) is 19.1 Å². The smallest absolute Gasteiger partial charge is 0.344 e. The third kappa shape index (κ3) is 3.02. The standard InChI is InChI=1S/C16H20FNO4/c1-20-15(19)16(17)7-4-8-18(11-16)9-12-10-21-13-5-2-3-6-14(13)22-12/h2-3,5-6,12H,4,7-11H2,1H3. The lowest BCUT2D eigenvalue weighted by Gasteiger charge is -2.37. The number of benzene rings is 1. The van der Waals surface area contributed by atoms with E-state index in [0.29, 0.717) is 25.3 Å². The summed E-state index contributed by atoms with van der Waals surface area (Å²) in [4.78, 5) is 13.5. The van der Waals surface area contributed by atoms with Crippen LogP contribution in [-0.2, 0) is 9.53 Å². The van der Waals surface area contributed by atoms with Gasteiger partial charge in [0.1, 0.15) is 12.7 Å². The van der Waals surface area contributed by atoms with Crippen molar-refractivity contribution in [3.05, 3.63) is 24.3 Å². The molecule has 0 spiro atoms. The fourth-order valence-electron chi connectivity index (χ4n) is 3.04. The van der Waals surface area contributed by atoms with Gasteiger partial charge < -0.3 is 14.2 Å². The molecule has 1 aromatic rings. The van der Waals surface area contributed by atoms with Crippen molar-refractivity contribution >= 4 is 5.97 Å². The Kier molecular flexibility index (Phi) is 4.20. The van der Waals surface area contributed by atoms with E-state index in [9.17, 15) is 9.18 Å². The molecule has 2 unspecified atom stereocenters. The third-order valence-corrected chi connectivity index (χ3v) is 4.10. The van der Waals surface area contributed by atoms with Crippen molar-refractivity contribution in [2.24, 2.45) is 0 Å². The number of para-hydroxylation sites is 2. The molecule has 0 aliphatic carbocycles. The number of ether oxygens (including phenoxy) is 3. The van der Waals surface area contributed by atoms with E-state index in [4.69, 9.17) is 9.47 Å². The summed E-state index contributed by atoms with van der Waals surface area (Å²) in [5.41, 5.74) is -1.92. The molecule has 22 heavy (non-hydrogen) atoms. The number of hydrogen-bond acceptors (Lipinski definition) is 5. The number of rotatable bonds is 3. The first-order valence-corrected chi connectivity index (χ1v) is 7.49. The predicted molar refractivity (Wildman–Crippen MR) is 77.9 cm³/mol. The van der Waals surface area contributed by atoms with E-state index >= 15 is 0 Å². The Hall–Kier alpha value is -1.82. The monoisotopic (exact) mass is 309 g/mol. The van der Waals surface area contributed by atoms with Gasteiger partial charge in [-0.05, 0) is 31.5 Å². The summed E-state index contributed by atoms with van der Waals surface area (Å²) in [6.45, 7) is 1.73. The lowest BCUT2D eigenvalue weighted by molar-refractivity contribution is -0.159. The highest BCUT2D eigenvalue weighted by Crippen LogP contribution is 2.32. The zero-order chi connectivity index (χ0) is 15.6. The number of likely N-dealkylation sites (tertiary alicyclic amines) is 1. The molecule has 0 amide bonds. The molecule has 2 aliphatic rings. The molecule has 120 valence electrons. The fourth-order valence-corrected chi connectivity index (χ4v) is 3.04. The molecular formula is C16H20FNO4. The van der Waals surface area contributed by atoms with Gasteiger partial charge in [-0.3, -0.25) is 4.90 Å². The first-order valence-electron chi connectivity index (χ1n) is 7.49. The Labute approximate surface area is 128 Å². The molecule has 1 fully saturated rings. The van der Waals surface area contributed by atoms with E-state index in [0.717, 1.165) is 12.3 Å². The molecule has 0 bridgehead atoms. The summed E-state index contributed by atoms with van der Waals surface area (Å²) < 4.78 is 30.7. The number of carbonyl (C=O) groups excluding carboxylic acids is 1. The van der Waals surface area contributed by atoms with Crippen LogP contribution < -0.4 is 9.47 Å². The Morgan fingerprint density at radius 1 is 1.45 bits per heavy atom. The zero-order valence-electron chi connectivity index (χ0n) is 12.6. The molecule has 0 aromatic heterocycles. The molecule has 5 nitrogen and oxygen atoms in total. The zero-order valence-corrected chi connectivity index (χ0v) is 12.6. The van der Waals surface area contributed by atoms with E-state index in [1.807, 2.05) is 29.2 Å². The first-order chi connectivity index (χ1) is 10.6. The van der Waals surface area contributed by atoms with Crippen molar-refractivity contribution < 1.29 is 23.4 Å². The van der Waals surface area contributed by atoms with Crippen LogP contribution in [0.15, 0.2) is 24.3 Å².